The molecular weight excluding hydrogens is 619 g/mol. The van der Waals surface area contributed by atoms with Crippen LogP contribution in [-0.4, -0.2) is 42.1 Å². The van der Waals surface area contributed by atoms with Crippen LogP contribution in [0.15, 0.2) is 54.7 Å². The van der Waals surface area contributed by atoms with Gasteiger partial charge in [-0.15, -0.1) is 0 Å². The summed E-state index contributed by atoms with van der Waals surface area (Å²) < 4.78 is 41.3. The molecule has 41 heavy (non-hydrogen) atoms. The molecule has 1 aromatic heterocycles. The molecule has 1 spiro atoms. The first-order valence-corrected chi connectivity index (χ1v) is 14.4. The zero-order chi connectivity index (χ0) is 29.4. The van der Waals surface area contributed by atoms with Crippen LogP contribution in [0.1, 0.15) is 35.1 Å². The number of nitrogens with one attached hydrogen (secondary N) is 1. The van der Waals surface area contributed by atoms with Crippen molar-refractivity contribution in [3.8, 4) is 0 Å². The molecule has 2 aromatic carbocycles. The van der Waals surface area contributed by atoms with E-state index < -0.39 is 23.2 Å². The molecule has 0 saturated carbocycles. The summed E-state index contributed by atoms with van der Waals surface area (Å²) in [5, 5.41) is 3.71. The van der Waals surface area contributed by atoms with E-state index in [-0.39, 0.29) is 29.0 Å². The summed E-state index contributed by atoms with van der Waals surface area (Å²) in [5.41, 5.74) is 1.09. The number of hydrogen-bond acceptors (Lipinski definition) is 3. The number of carbonyl (C=O) groups is 1. The van der Waals surface area contributed by atoms with Crippen molar-refractivity contribution in [1.82, 2.24) is 15.2 Å². The molecule has 0 atom stereocenters. The van der Waals surface area contributed by atoms with Gasteiger partial charge in [0.05, 0.1) is 20.6 Å². The minimum atomic E-state index is -4.65. The van der Waals surface area contributed by atoms with Crippen LogP contribution in [0.2, 0.25) is 20.2 Å². The van der Waals surface area contributed by atoms with Crippen LogP contribution in [0.5, 0.6) is 0 Å². The fourth-order valence-corrected chi connectivity index (χ4v) is 6.23. The van der Waals surface area contributed by atoms with Gasteiger partial charge in [0.1, 0.15) is 5.15 Å². The number of urea groups is 1. The van der Waals surface area contributed by atoms with Gasteiger partial charge < -0.3 is 5.32 Å². The Kier molecular flexibility index (Phi) is 8.79. The minimum absolute atomic E-state index is 0.151. The molecule has 1 saturated heterocycles. The average Bonchev–Trinajstić information content (AvgIpc) is 3.22. The van der Waals surface area contributed by atoms with Crippen LogP contribution < -0.4 is 10.2 Å². The number of aromatic nitrogens is 1. The van der Waals surface area contributed by atoms with E-state index in [0.717, 1.165) is 17.2 Å². The highest BCUT2D eigenvalue weighted by Gasteiger charge is 2.48. The summed E-state index contributed by atoms with van der Waals surface area (Å²) in [6.45, 7) is 2.51. The van der Waals surface area contributed by atoms with Gasteiger partial charge in [0.15, 0.2) is 0 Å². The van der Waals surface area contributed by atoms with Crippen molar-refractivity contribution >= 4 is 64.2 Å². The number of nitrogens with zero attached hydrogens (tertiary/aromatic N) is 3. The lowest BCUT2D eigenvalue weighted by molar-refractivity contribution is -0.137. The minimum Gasteiger partial charge on any atom is -0.334 e. The number of amides is 2. The summed E-state index contributed by atoms with van der Waals surface area (Å²) >= 11 is 24.2. The van der Waals surface area contributed by atoms with Crippen molar-refractivity contribution in [2.24, 2.45) is 0 Å². The molecule has 5 nitrogen and oxygen atoms in total. The summed E-state index contributed by atoms with van der Waals surface area (Å²) in [4.78, 5) is 20.9. The van der Waals surface area contributed by atoms with E-state index in [4.69, 9.17) is 46.4 Å². The molecule has 2 aliphatic heterocycles. The Labute approximate surface area is 255 Å². The van der Waals surface area contributed by atoms with Gasteiger partial charge in [-0.2, -0.15) is 13.2 Å². The number of hydrogen-bond donors (Lipinski definition) is 1. The molecule has 3 aromatic rings. The molecule has 0 bridgehead atoms. The van der Waals surface area contributed by atoms with Crippen LogP contribution in [0, 0.1) is 0 Å². The van der Waals surface area contributed by atoms with E-state index in [0.29, 0.717) is 48.1 Å². The van der Waals surface area contributed by atoms with Crippen molar-refractivity contribution in [2.45, 2.75) is 31.0 Å². The van der Waals surface area contributed by atoms with Crippen LogP contribution in [0.3, 0.4) is 0 Å². The third-order valence-corrected chi connectivity index (χ3v) is 8.88. The summed E-state index contributed by atoms with van der Waals surface area (Å²) in [6, 6.07) is 10.7. The van der Waals surface area contributed by atoms with Gasteiger partial charge in [-0.3, -0.25) is 9.80 Å². The van der Waals surface area contributed by atoms with Crippen molar-refractivity contribution in [1.29, 1.82) is 0 Å². The van der Waals surface area contributed by atoms with E-state index in [1.54, 1.807) is 24.3 Å². The third kappa shape index (κ3) is 6.62. The molecular formula is C29H25Cl4F3N4O. The highest BCUT2D eigenvalue weighted by Crippen LogP contribution is 2.50. The van der Waals surface area contributed by atoms with Crippen molar-refractivity contribution < 1.29 is 18.0 Å². The second kappa shape index (κ2) is 12.0. The molecule has 2 aliphatic rings. The number of pyridine rings is 1. The third-order valence-electron chi connectivity index (χ3n) is 7.62. The van der Waals surface area contributed by atoms with Gasteiger partial charge in [-0.05, 0) is 79.0 Å². The standard InChI is InChI=1S/C29H25Cl4F3N4O/c30-22-4-3-18(12-24(22)32)2-1-9-39-10-6-28(7-11-39)17-40(27(41)38-16-19-5-8-37-26(33)13-19)25-15-20(29(34,35)36)23(31)14-21(25)28/h1-5,8,12-15H,6-7,9-11,16-17H2,(H,38,41)/b2-1+. The maximum atomic E-state index is 13.8. The lowest BCUT2D eigenvalue weighted by Gasteiger charge is -2.39. The molecule has 3 heterocycles. The zero-order valence-corrected chi connectivity index (χ0v) is 24.6. The number of fused-ring (bicyclic) bond motifs is 2. The summed E-state index contributed by atoms with van der Waals surface area (Å²) in [7, 11) is 0. The quantitative estimate of drug-likeness (QED) is 0.284. The number of carbonyl (C=O) groups excluding carboxylic acids is 1. The van der Waals surface area contributed by atoms with E-state index >= 15 is 0 Å². The molecule has 12 heteroatoms. The first kappa shape index (κ1) is 30.0. The average molecular weight is 644 g/mol. The predicted molar refractivity (Wildman–Crippen MR) is 158 cm³/mol. The van der Waals surface area contributed by atoms with Gasteiger partial charge in [0, 0.05) is 36.9 Å². The van der Waals surface area contributed by atoms with E-state index in [2.05, 4.69) is 15.2 Å². The second-order valence-electron chi connectivity index (χ2n) is 10.2. The molecule has 1 N–H and O–H groups in total. The van der Waals surface area contributed by atoms with E-state index in [1.165, 1.54) is 17.2 Å². The summed E-state index contributed by atoms with van der Waals surface area (Å²) in [5.74, 6) is 0. The monoisotopic (exact) mass is 642 g/mol. The Morgan fingerprint density at radius 2 is 1.76 bits per heavy atom. The molecule has 216 valence electrons. The maximum Gasteiger partial charge on any atom is 0.417 e. The molecule has 0 radical (unpaired) electrons. The fraction of sp³-hybridized carbons (Fsp3) is 0.310. The van der Waals surface area contributed by atoms with E-state index in [1.807, 2.05) is 18.2 Å². The molecule has 2 amide bonds. The Morgan fingerprint density at radius 3 is 2.44 bits per heavy atom. The van der Waals surface area contributed by atoms with Gasteiger partial charge in [-0.1, -0.05) is 64.6 Å². The van der Waals surface area contributed by atoms with Crippen LogP contribution >= 0.6 is 46.4 Å². The molecule has 1 fully saturated rings. The van der Waals surface area contributed by atoms with Gasteiger partial charge in [0.2, 0.25) is 0 Å². The number of halogens is 7. The Hall–Kier alpha value is -2.49. The topological polar surface area (TPSA) is 48.5 Å². The number of benzene rings is 2. The normalized spacial score (nSPS) is 16.9. The van der Waals surface area contributed by atoms with Gasteiger partial charge in [0.25, 0.3) is 0 Å². The maximum absolute atomic E-state index is 13.8. The Morgan fingerprint density at radius 1 is 1.00 bits per heavy atom. The second-order valence-corrected chi connectivity index (χ2v) is 11.8. The first-order chi connectivity index (χ1) is 19.4. The molecule has 0 aliphatic carbocycles. The lowest BCUT2D eigenvalue weighted by Crippen LogP contribution is -2.47. The van der Waals surface area contributed by atoms with Crippen molar-refractivity contribution in [3.63, 3.8) is 0 Å². The lowest BCUT2D eigenvalue weighted by atomic mass is 9.74. The van der Waals surface area contributed by atoms with Crippen molar-refractivity contribution in [3.05, 3.63) is 97.2 Å². The number of anilines is 1. The largest absolute Gasteiger partial charge is 0.417 e. The highest BCUT2D eigenvalue weighted by atomic mass is 35.5. The predicted octanol–water partition coefficient (Wildman–Crippen LogP) is 8.49. The number of likely N-dealkylation sites (tertiary alicyclic amines) is 1. The van der Waals surface area contributed by atoms with E-state index in [9.17, 15) is 18.0 Å². The number of rotatable bonds is 5. The zero-order valence-electron chi connectivity index (χ0n) is 21.6. The van der Waals surface area contributed by atoms with Crippen LogP contribution in [0.25, 0.3) is 6.08 Å². The van der Waals surface area contributed by atoms with Gasteiger partial charge in [-0.25, -0.2) is 9.78 Å². The Bertz CT molecular complexity index is 1490. The number of alkyl halides is 3. The fourth-order valence-electron chi connectivity index (χ4n) is 5.45. The van der Waals surface area contributed by atoms with Crippen LogP contribution in [-0.2, 0) is 18.1 Å². The number of piperidine rings is 1. The highest BCUT2D eigenvalue weighted by molar-refractivity contribution is 6.42. The smallest absolute Gasteiger partial charge is 0.334 e. The SMILES string of the molecule is O=C(NCc1ccnc(Cl)c1)N1CC2(CCN(C/C=C/c3ccc(Cl)c(Cl)c3)CC2)c2cc(Cl)c(C(F)(F)F)cc21. The molecule has 0 unspecified atom stereocenters. The van der Waals surface area contributed by atoms with Gasteiger partial charge >= 0.3 is 12.2 Å². The molecule has 5 rings (SSSR count). The summed E-state index contributed by atoms with van der Waals surface area (Å²) in [6.07, 6.45) is 2.20. The Balaban J connectivity index is 1.33. The first-order valence-electron chi connectivity index (χ1n) is 12.9. The van der Waals surface area contributed by atoms with Crippen LogP contribution in [0.4, 0.5) is 23.7 Å². The van der Waals surface area contributed by atoms with Crippen molar-refractivity contribution in [2.75, 3.05) is 31.1 Å².